The number of carboxylic acids is 1. The molecule has 0 amide bonds. The molecule has 3 aliphatic rings. The van der Waals surface area contributed by atoms with Crippen LogP contribution in [0.25, 0.3) is 27.2 Å². The monoisotopic (exact) mass is 483 g/mol. The van der Waals surface area contributed by atoms with Crippen LogP contribution in [-0.4, -0.2) is 34.4 Å². The Hall–Kier alpha value is -3.91. The first-order valence-electron chi connectivity index (χ1n) is 11.7. The van der Waals surface area contributed by atoms with Crippen LogP contribution in [0.3, 0.4) is 0 Å². The molecule has 174 valence electrons. The fraction of sp³-hybridized carbons (Fsp3) is 0.222. The molecule has 2 aromatic carbocycles. The lowest BCUT2D eigenvalue weighted by Gasteiger charge is -2.26. The molecule has 7 rings (SSSR count). The number of hydrogen-bond acceptors (Lipinski definition) is 7. The number of allylic oxidation sites excluding steroid dienone is 2. The van der Waals surface area contributed by atoms with Crippen LogP contribution in [0.15, 0.2) is 48.5 Å². The van der Waals surface area contributed by atoms with Gasteiger partial charge >= 0.3 is 5.97 Å². The maximum Gasteiger partial charge on any atom is 0.335 e. The van der Waals surface area contributed by atoms with Crippen molar-refractivity contribution in [2.45, 2.75) is 25.2 Å². The van der Waals surface area contributed by atoms with Gasteiger partial charge in [-0.05, 0) is 54.7 Å². The lowest BCUT2D eigenvalue weighted by molar-refractivity contribution is 0.0697. The molecule has 2 aromatic heterocycles. The van der Waals surface area contributed by atoms with Crippen molar-refractivity contribution in [2.75, 3.05) is 18.7 Å². The van der Waals surface area contributed by atoms with E-state index in [-0.39, 0.29) is 12.4 Å². The van der Waals surface area contributed by atoms with Crippen molar-refractivity contribution >= 4 is 38.9 Å². The van der Waals surface area contributed by atoms with Crippen LogP contribution in [-0.2, 0) is 6.42 Å². The molecule has 1 unspecified atom stereocenters. The van der Waals surface area contributed by atoms with Crippen molar-refractivity contribution in [1.29, 1.82) is 0 Å². The molecule has 8 heteroatoms. The molecule has 1 aliphatic heterocycles. The number of thiophene rings is 1. The molecule has 2 aliphatic carbocycles. The van der Waals surface area contributed by atoms with Gasteiger partial charge < -0.3 is 19.9 Å². The Bertz CT molecular complexity index is 1540. The Balaban J connectivity index is 1.24. The van der Waals surface area contributed by atoms with Gasteiger partial charge in [-0.15, -0.1) is 11.3 Å². The Morgan fingerprint density at radius 2 is 1.97 bits per heavy atom. The molecule has 3 heterocycles. The van der Waals surface area contributed by atoms with Gasteiger partial charge in [-0.25, -0.2) is 14.8 Å². The summed E-state index contributed by atoms with van der Waals surface area (Å²) < 4.78 is 10.9. The van der Waals surface area contributed by atoms with E-state index in [4.69, 9.17) is 19.4 Å². The molecule has 0 radical (unpaired) electrons. The second-order valence-electron chi connectivity index (χ2n) is 8.95. The van der Waals surface area contributed by atoms with Crippen molar-refractivity contribution in [3.8, 4) is 22.9 Å². The van der Waals surface area contributed by atoms with Crippen LogP contribution in [0.1, 0.15) is 45.1 Å². The van der Waals surface area contributed by atoms with Gasteiger partial charge in [0, 0.05) is 28.5 Å². The number of nitrogens with zero attached hydrogens (tertiary/aromatic N) is 2. The van der Waals surface area contributed by atoms with Crippen molar-refractivity contribution in [3.05, 3.63) is 70.1 Å². The number of nitrogens with one attached hydrogen (secondary N) is 1. The highest BCUT2D eigenvalue weighted by Crippen LogP contribution is 2.59. The van der Waals surface area contributed by atoms with E-state index in [0.29, 0.717) is 18.3 Å². The fourth-order valence-electron chi connectivity index (χ4n) is 5.16. The smallest absolute Gasteiger partial charge is 0.335 e. The lowest BCUT2D eigenvalue weighted by atomic mass is 9.80. The van der Waals surface area contributed by atoms with Crippen LogP contribution in [0.5, 0.6) is 11.5 Å². The van der Waals surface area contributed by atoms with Gasteiger partial charge in [-0.1, -0.05) is 24.3 Å². The van der Waals surface area contributed by atoms with Crippen LogP contribution < -0.4 is 14.8 Å². The number of ether oxygens (including phenoxy) is 2. The van der Waals surface area contributed by atoms with Gasteiger partial charge in [-0.3, -0.25) is 0 Å². The Labute approximate surface area is 205 Å². The minimum absolute atomic E-state index is 0.246. The molecule has 7 nitrogen and oxygen atoms in total. The van der Waals surface area contributed by atoms with Crippen LogP contribution in [0.2, 0.25) is 0 Å². The standard InChI is InChI=1S/C27H21N3O4S/c31-27(32)16-7-5-15(6-8-16)24-29-25(28-11-10-14-4-9-19-20(12-14)34-13-33-19)22-21-17-2-1-3-18(17)23(21)35-26(22)30-24/h2,4-9,12,18H,1,3,10-11,13H2,(H,31,32)(H,28,29,30). The SMILES string of the molecule is O=C(O)c1ccc(-c2nc(NCCc3ccc4c(c3)OCO4)c3c4c(sc3n2)C2CCC=C42)cc1. The first kappa shape index (κ1) is 20.5. The maximum absolute atomic E-state index is 11.3. The van der Waals surface area contributed by atoms with Gasteiger partial charge in [0.25, 0.3) is 0 Å². The predicted molar refractivity (Wildman–Crippen MR) is 135 cm³/mol. The van der Waals surface area contributed by atoms with E-state index in [1.54, 1.807) is 35.6 Å². The van der Waals surface area contributed by atoms with Crippen LogP contribution in [0.4, 0.5) is 5.82 Å². The Morgan fingerprint density at radius 1 is 1.11 bits per heavy atom. The molecular weight excluding hydrogens is 462 g/mol. The summed E-state index contributed by atoms with van der Waals surface area (Å²) in [6.07, 6.45) is 5.47. The quantitative estimate of drug-likeness (QED) is 0.363. The van der Waals surface area contributed by atoms with Crippen LogP contribution >= 0.6 is 11.3 Å². The predicted octanol–water partition coefficient (Wildman–Crippen LogP) is 5.71. The number of carboxylic acid groups (broad SMARTS) is 1. The van der Waals surface area contributed by atoms with Crippen molar-refractivity contribution in [3.63, 3.8) is 0 Å². The number of carbonyl (C=O) groups is 1. The summed E-state index contributed by atoms with van der Waals surface area (Å²) in [5.41, 5.74) is 4.95. The first-order chi connectivity index (χ1) is 17.2. The summed E-state index contributed by atoms with van der Waals surface area (Å²) in [5.74, 6) is 2.60. The van der Waals surface area contributed by atoms with E-state index in [9.17, 15) is 9.90 Å². The number of anilines is 1. The lowest BCUT2D eigenvalue weighted by Crippen LogP contribution is -2.11. The molecule has 0 spiro atoms. The third kappa shape index (κ3) is 3.28. The average Bonchev–Trinajstić information content (AvgIpc) is 3.58. The van der Waals surface area contributed by atoms with Gasteiger partial charge in [-0.2, -0.15) is 0 Å². The summed E-state index contributed by atoms with van der Waals surface area (Å²) in [5, 5.41) is 13.9. The first-order valence-corrected chi connectivity index (χ1v) is 12.5. The van der Waals surface area contributed by atoms with Crippen molar-refractivity contribution < 1.29 is 19.4 Å². The highest BCUT2D eigenvalue weighted by Gasteiger charge is 2.39. The van der Waals surface area contributed by atoms with Gasteiger partial charge in [0.15, 0.2) is 17.3 Å². The van der Waals surface area contributed by atoms with Gasteiger partial charge in [0.1, 0.15) is 10.6 Å². The third-order valence-electron chi connectivity index (χ3n) is 6.91. The molecule has 0 saturated carbocycles. The topological polar surface area (TPSA) is 93.6 Å². The number of benzene rings is 2. The Morgan fingerprint density at radius 3 is 2.83 bits per heavy atom. The van der Waals surface area contributed by atoms with Gasteiger partial charge in [0.05, 0.1) is 10.9 Å². The van der Waals surface area contributed by atoms with Crippen molar-refractivity contribution in [1.82, 2.24) is 9.97 Å². The molecule has 4 aromatic rings. The number of aromatic nitrogens is 2. The summed E-state index contributed by atoms with van der Waals surface area (Å²) >= 11 is 1.76. The summed E-state index contributed by atoms with van der Waals surface area (Å²) in [7, 11) is 0. The molecule has 0 fully saturated rings. The molecule has 35 heavy (non-hydrogen) atoms. The Kier molecular flexibility index (Phi) is 4.57. The van der Waals surface area contributed by atoms with E-state index >= 15 is 0 Å². The minimum Gasteiger partial charge on any atom is -0.478 e. The second-order valence-corrected chi connectivity index (χ2v) is 9.98. The molecule has 0 saturated heterocycles. The van der Waals surface area contributed by atoms with E-state index < -0.39 is 5.97 Å². The summed E-state index contributed by atoms with van der Waals surface area (Å²) in [6.45, 7) is 0.975. The zero-order valence-electron chi connectivity index (χ0n) is 18.7. The molecule has 2 N–H and O–H groups in total. The minimum atomic E-state index is -0.947. The average molecular weight is 484 g/mol. The number of fused-ring (bicyclic) bond motifs is 7. The highest BCUT2D eigenvalue weighted by atomic mass is 32.1. The zero-order valence-corrected chi connectivity index (χ0v) is 19.5. The largest absolute Gasteiger partial charge is 0.478 e. The molecule has 1 atom stereocenters. The van der Waals surface area contributed by atoms with Crippen molar-refractivity contribution in [2.24, 2.45) is 0 Å². The zero-order chi connectivity index (χ0) is 23.5. The molecule has 0 bridgehead atoms. The maximum atomic E-state index is 11.3. The van der Waals surface area contributed by atoms with E-state index in [2.05, 4.69) is 17.5 Å². The number of rotatable bonds is 6. The normalized spacial score (nSPS) is 17.0. The van der Waals surface area contributed by atoms with Gasteiger partial charge in [0.2, 0.25) is 6.79 Å². The highest BCUT2D eigenvalue weighted by molar-refractivity contribution is 7.19. The van der Waals surface area contributed by atoms with Crippen LogP contribution in [0, 0.1) is 0 Å². The number of hydrogen-bond donors (Lipinski definition) is 2. The van der Waals surface area contributed by atoms with E-state index in [1.807, 2.05) is 12.1 Å². The van der Waals surface area contributed by atoms with E-state index in [0.717, 1.165) is 51.5 Å². The fourth-order valence-corrected chi connectivity index (χ4v) is 6.51. The van der Waals surface area contributed by atoms with E-state index in [1.165, 1.54) is 22.4 Å². The molecular formula is C27H21N3O4S. The summed E-state index contributed by atoms with van der Waals surface area (Å²) in [6, 6.07) is 12.8. The third-order valence-corrected chi connectivity index (χ3v) is 8.11. The summed E-state index contributed by atoms with van der Waals surface area (Å²) in [4.78, 5) is 23.5. The number of aromatic carboxylic acids is 1. The second kappa shape index (κ2) is 7.81.